The Kier molecular flexibility index (Phi) is 5.53. The molecule has 6 heteroatoms. The van der Waals surface area contributed by atoms with E-state index in [2.05, 4.69) is 15.5 Å². The number of nitrogens with zero attached hydrogens (tertiary/aromatic N) is 3. The second-order valence-electron chi connectivity index (χ2n) is 8.27. The number of piperidine rings is 1. The second kappa shape index (κ2) is 7.71. The monoisotopic (exact) mass is 370 g/mol. The standard InChI is InChI=1S/C21H30N4O2/c1-14(2)18-22-19(27-24-18)17-8-6-7-13-25(17)20(26)21(4,5)23-16-11-9-15(3)10-12-16/h9-12,14,17,23H,6-8,13H2,1-5H3. The Bertz CT molecular complexity index is 780. The van der Waals surface area contributed by atoms with Gasteiger partial charge in [-0.15, -0.1) is 0 Å². The van der Waals surface area contributed by atoms with Crippen molar-refractivity contribution < 1.29 is 9.32 Å². The third-order valence-corrected chi connectivity index (χ3v) is 5.07. The minimum absolute atomic E-state index is 0.0528. The molecule has 0 aliphatic carbocycles. The zero-order valence-corrected chi connectivity index (χ0v) is 17.0. The van der Waals surface area contributed by atoms with E-state index in [0.717, 1.165) is 24.9 Å². The van der Waals surface area contributed by atoms with Crippen molar-refractivity contribution in [3.05, 3.63) is 41.5 Å². The highest BCUT2D eigenvalue weighted by atomic mass is 16.5. The average molecular weight is 370 g/mol. The quantitative estimate of drug-likeness (QED) is 0.842. The number of aryl methyl sites for hydroxylation is 1. The van der Waals surface area contributed by atoms with E-state index >= 15 is 0 Å². The second-order valence-corrected chi connectivity index (χ2v) is 8.27. The van der Waals surface area contributed by atoms with Crippen molar-refractivity contribution in [2.45, 2.75) is 71.4 Å². The molecule has 1 saturated heterocycles. The van der Waals surface area contributed by atoms with Gasteiger partial charge in [-0.2, -0.15) is 4.98 Å². The highest BCUT2D eigenvalue weighted by Crippen LogP contribution is 2.33. The average Bonchev–Trinajstić information content (AvgIpc) is 3.13. The van der Waals surface area contributed by atoms with Crippen molar-refractivity contribution in [3.63, 3.8) is 0 Å². The SMILES string of the molecule is Cc1ccc(NC(C)(C)C(=O)N2CCCCC2c2nc(C(C)C)no2)cc1. The summed E-state index contributed by atoms with van der Waals surface area (Å²) >= 11 is 0. The van der Waals surface area contributed by atoms with Crippen molar-refractivity contribution in [3.8, 4) is 0 Å². The first-order valence-corrected chi connectivity index (χ1v) is 9.77. The molecule has 2 heterocycles. The fourth-order valence-electron chi connectivity index (χ4n) is 3.46. The summed E-state index contributed by atoms with van der Waals surface area (Å²) in [5.41, 5.74) is 1.40. The van der Waals surface area contributed by atoms with Gasteiger partial charge in [-0.1, -0.05) is 36.7 Å². The number of likely N-dealkylation sites (tertiary alicyclic amines) is 1. The van der Waals surface area contributed by atoms with Crippen LogP contribution in [0.5, 0.6) is 0 Å². The van der Waals surface area contributed by atoms with E-state index in [9.17, 15) is 4.79 Å². The largest absolute Gasteiger partial charge is 0.372 e. The molecule has 0 radical (unpaired) electrons. The van der Waals surface area contributed by atoms with Crippen LogP contribution in [0.2, 0.25) is 0 Å². The van der Waals surface area contributed by atoms with E-state index in [1.807, 2.05) is 63.8 Å². The fourth-order valence-corrected chi connectivity index (χ4v) is 3.46. The molecule has 1 unspecified atom stereocenters. The van der Waals surface area contributed by atoms with Crippen molar-refractivity contribution in [2.24, 2.45) is 0 Å². The maximum Gasteiger partial charge on any atom is 0.249 e. The molecule has 27 heavy (non-hydrogen) atoms. The van der Waals surface area contributed by atoms with E-state index in [1.165, 1.54) is 5.56 Å². The predicted molar refractivity (Wildman–Crippen MR) is 106 cm³/mol. The number of carbonyl (C=O) groups is 1. The van der Waals surface area contributed by atoms with E-state index in [-0.39, 0.29) is 17.9 Å². The van der Waals surface area contributed by atoms with Gasteiger partial charge in [0.25, 0.3) is 0 Å². The molecule has 0 spiro atoms. The first-order chi connectivity index (χ1) is 12.8. The van der Waals surface area contributed by atoms with Crippen molar-refractivity contribution >= 4 is 11.6 Å². The molecular weight excluding hydrogens is 340 g/mol. The molecule has 0 bridgehead atoms. The van der Waals surface area contributed by atoms with E-state index in [4.69, 9.17) is 4.52 Å². The minimum Gasteiger partial charge on any atom is -0.372 e. The van der Waals surface area contributed by atoms with Crippen LogP contribution in [0.15, 0.2) is 28.8 Å². The molecule has 1 atom stereocenters. The summed E-state index contributed by atoms with van der Waals surface area (Å²) in [6, 6.07) is 7.94. The molecule has 1 aromatic heterocycles. The molecule has 1 amide bonds. The number of aromatic nitrogens is 2. The van der Waals surface area contributed by atoms with Gasteiger partial charge in [-0.25, -0.2) is 0 Å². The Balaban J connectivity index is 1.79. The zero-order chi connectivity index (χ0) is 19.6. The number of hydrogen-bond donors (Lipinski definition) is 1. The van der Waals surface area contributed by atoms with Crippen LogP contribution >= 0.6 is 0 Å². The highest BCUT2D eigenvalue weighted by Gasteiger charge is 2.39. The lowest BCUT2D eigenvalue weighted by Crippen LogP contribution is -2.52. The molecule has 6 nitrogen and oxygen atoms in total. The Hall–Kier alpha value is -2.37. The van der Waals surface area contributed by atoms with Crippen molar-refractivity contribution in [1.82, 2.24) is 15.0 Å². The van der Waals surface area contributed by atoms with Gasteiger partial charge in [0.15, 0.2) is 5.82 Å². The van der Waals surface area contributed by atoms with E-state index in [1.54, 1.807) is 0 Å². The minimum atomic E-state index is -0.730. The van der Waals surface area contributed by atoms with Gasteiger partial charge >= 0.3 is 0 Å². The summed E-state index contributed by atoms with van der Waals surface area (Å²) in [6.07, 6.45) is 2.90. The number of amides is 1. The Morgan fingerprint density at radius 3 is 2.59 bits per heavy atom. The van der Waals surface area contributed by atoms with Gasteiger partial charge in [-0.3, -0.25) is 4.79 Å². The van der Waals surface area contributed by atoms with Crippen LogP contribution in [0.4, 0.5) is 5.69 Å². The summed E-state index contributed by atoms with van der Waals surface area (Å²) in [7, 11) is 0. The van der Waals surface area contributed by atoms with Gasteiger partial charge in [0.1, 0.15) is 11.6 Å². The van der Waals surface area contributed by atoms with E-state index < -0.39 is 5.54 Å². The Labute approximate surface area is 161 Å². The number of hydrogen-bond acceptors (Lipinski definition) is 5. The molecule has 1 aliphatic rings. The molecule has 1 fully saturated rings. The highest BCUT2D eigenvalue weighted by molar-refractivity contribution is 5.89. The zero-order valence-electron chi connectivity index (χ0n) is 17.0. The number of carbonyl (C=O) groups excluding carboxylic acids is 1. The summed E-state index contributed by atoms with van der Waals surface area (Å²) in [4.78, 5) is 19.8. The summed E-state index contributed by atoms with van der Waals surface area (Å²) in [5.74, 6) is 1.50. The lowest BCUT2D eigenvalue weighted by Gasteiger charge is -2.39. The topological polar surface area (TPSA) is 71.3 Å². The molecule has 1 aromatic carbocycles. The number of anilines is 1. The third-order valence-electron chi connectivity index (χ3n) is 5.07. The van der Waals surface area contributed by atoms with Gasteiger partial charge < -0.3 is 14.7 Å². The van der Waals surface area contributed by atoms with Crippen LogP contribution in [0.1, 0.15) is 76.2 Å². The van der Waals surface area contributed by atoms with Crippen LogP contribution in [-0.4, -0.2) is 33.0 Å². The third kappa shape index (κ3) is 4.31. The van der Waals surface area contributed by atoms with Crippen molar-refractivity contribution in [2.75, 3.05) is 11.9 Å². The van der Waals surface area contributed by atoms with Crippen LogP contribution in [0.3, 0.4) is 0 Å². The molecule has 146 valence electrons. The molecule has 0 saturated carbocycles. The number of nitrogens with one attached hydrogen (secondary N) is 1. The molecular formula is C21H30N4O2. The maximum atomic E-state index is 13.4. The lowest BCUT2D eigenvalue weighted by atomic mass is 9.96. The van der Waals surface area contributed by atoms with Crippen LogP contribution in [-0.2, 0) is 4.79 Å². The predicted octanol–water partition coefficient (Wildman–Crippen LogP) is 4.45. The number of rotatable bonds is 5. The molecule has 2 aromatic rings. The smallest absolute Gasteiger partial charge is 0.249 e. The lowest BCUT2D eigenvalue weighted by molar-refractivity contribution is -0.139. The Morgan fingerprint density at radius 1 is 1.26 bits per heavy atom. The van der Waals surface area contributed by atoms with Gasteiger partial charge in [-0.05, 0) is 52.2 Å². The number of benzene rings is 1. The van der Waals surface area contributed by atoms with Gasteiger partial charge in [0.05, 0.1) is 0 Å². The molecule has 3 rings (SSSR count). The molecule has 1 N–H and O–H groups in total. The molecule has 1 aliphatic heterocycles. The van der Waals surface area contributed by atoms with Crippen LogP contribution < -0.4 is 5.32 Å². The van der Waals surface area contributed by atoms with Crippen LogP contribution in [0.25, 0.3) is 0 Å². The van der Waals surface area contributed by atoms with Gasteiger partial charge in [0.2, 0.25) is 11.8 Å². The normalized spacial score (nSPS) is 18.0. The maximum absolute atomic E-state index is 13.4. The van der Waals surface area contributed by atoms with Crippen LogP contribution in [0, 0.1) is 6.92 Å². The summed E-state index contributed by atoms with van der Waals surface area (Å²) in [5, 5.41) is 7.46. The first-order valence-electron chi connectivity index (χ1n) is 9.77. The first kappa shape index (κ1) is 19.4. The van der Waals surface area contributed by atoms with Crippen molar-refractivity contribution in [1.29, 1.82) is 0 Å². The summed E-state index contributed by atoms with van der Waals surface area (Å²) in [6.45, 7) is 10.7. The Morgan fingerprint density at radius 2 is 1.96 bits per heavy atom. The van der Waals surface area contributed by atoms with Gasteiger partial charge in [0, 0.05) is 18.2 Å². The fraction of sp³-hybridized carbons (Fsp3) is 0.571. The summed E-state index contributed by atoms with van der Waals surface area (Å²) < 4.78 is 5.51. The van der Waals surface area contributed by atoms with E-state index in [0.29, 0.717) is 18.3 Å².